The fourth-order valence-corrected chi connectivity index (χ4v) is 3.09. The lowest BCUT2D eigenvalue weighted by Gasteiger charge is -2.30. The standard InChI is InChI=1S/C15H20N4O2/c1-18-6-4-11(5-7-18)19-9-13(15(16)20)12-3-2-10(17-21)8-14(12)19/h2-3,8-9,11,17,21H,4-7H2,1H3,(H2,16,20). The molecule has 21 heavy (non-hydrogen) atoms. The monoisotopic (exact) mass is 288 g/mol. The summed E-state index contributed by atoms with van der Waals surface area (Å²) in [7, 11) is 2.12. The summed E-state index contributed by atoms with van der Waals surface area (Å²) < 4.78 is 2.13. The molecule has 2 heterocycles. The van der Waals surface area contributed by atoms with E-state index in [4.69, 9.17) is 10.9 Å². The molecule has 1 aromatic heterocycles. The van der Waals surface area contributed by atoms with Crippen LogP contribution >= 0.6 is 0 Å². The lowest BCUT2D eigenvalue weighted by molar-refractivity contribution is 0.100. The second kappa shape index (κ2) is 5.38. The highest BCUT2D eigenvalue weighted by Gasteiger charge is 2.22. The van der Waals surface area contributed by atoms with Crippen molar-refractivity contribution in [2.45, 2.75) is 18.9 Å². The summed E-state index contributed by atoms with van der Waals surface area (Å²) in [5, 5.41) is 9.93. The molecule has 0 spiro atoms. The van der Waals surface area contributed by atoms with Gasteiger partial charge in [0.25, 0.3) is 5.91 Å². The van der Waals surface area contributed by atoms with E-state index in [1.54, 1.807) is 6.07 Å². The number of anilines is 1. The van der Waals surface area contributed by atoms with Crippen LogP contribution in [-0.4, -0.2) is 40.7 Å². The number of fused-ring (bicyclic) bond motifs is 1. The number of nitrogens with zero attached hydrogens (tertiary/aromatic N) is 2. The Morgan fingerprint density at radius 2 is 2.10 bits per heavy atom. The second-order valence-corrected chi connectivity index (χ2v) is 5.69. The van der Waals surface area contributed by atoms with Gasteiger partial charge in [-0.1, -0.05) is 0 Å². The summed E-state index contributed by atoms with van der Waals surface area (Å²) in [6, 6.07) is 5.75. The van der Waals surface area contributed by atoms with E-state index >= 15 is 0 Å². The zero-order valence-electron chi connectivity index (χ0n) is 12.0. The first-order valence-electron chi connectivity index (χ1n) is 7.13. The van der Waals surface area contributed by atoms with Crippen LogP contribution < -0.4 is 11.2 Å². The molecular formula is C15H20N4O2. The van der Waals surface area contributed by atoms with Crippen LogP contribution in [-0.2, 0) is 0 Å². The van der Waals surface area contributed by atoms with Crippen molar-refractivity contribution in [3.63, 3.8) is 0 Å². The van der Waals surface area contributed by atoms with Crippen molar-refractivity contribution in [3.05, 3.63) is 30.0 Å². The highest BCUT2D eigenvalue weighted by Crippen LogP contribution is 2.31. The molecule has 6 heteroatoms. The molecule has 1 amide bonds. The van der Waals surface area contributed by atoms with E-state index < -0.39 is 5.91 Å². The zero-order valence-corrected chi connectivity index (χ0v) is 12.0. The number of piperidine rings is 1. The Bertz CT molecular complexity index is 672. The van der Waals surface area contributed by atoms with Gasteiger partial charge in [-0.25, -0.2) is 0 Å². The van der Waals surface area contributed by atoms with Gasteiger partial charge in [0.05, 0.1) is 16.8 Å². The van der Waals surface area contributed by atoms with E-state index in [-0.39, 0.29) is 0 Å². The number of hydrogen-bond donors (Lipinski definition) is 3. The first-order chi connectivity index (χ1) is 10.1. The Morgan fingerprint density at radius 3 is 2.71 bits per heavy atom. The van der Waals surface area contributed by atoms with Crippen molar-refractivity contribution in [2.75, 3.05) is 25.6 Å². The van der Waals surface area contributed by atoms with E-state index in [1.807, 2.05) is 18.3 Å². The quantitative estimate of drug-likeness (QED) is 0.752. The van der Waals surface area contributed by atoms with Crippen molar-refractivity contribution >= 4 is 22.5 Å². The number of carbonyl (C=O) groups excluding carboxylic acids is 1. The van der Waals surface area contributed by atoms with Crippen LogP contribution in [0.4, 0.5) is 5.69 Å². The van der Waals surface area contributed by atoms with Gasteiger partial charge in [0, 0.05) is 17.6 Å². The Balaban J connectivity index is 2.10. The summed E-state index contributed by atoms with van der Waals surface area (Å²) in [5.74, 6) is -0.420. The summed E-state index contributed by atoms with van der Waals surface area (Å²) >= 11 is 0. The number of aromatic nitrogens is 1. The Labute approximate surface area is 123 Å². The van der Waals surface area contributed by atoms with Crippen molar-refractivity contribution in [1.82, 2.24) is 9.47 Å². The van der Waals surface area contributed by atoms with E-state index in [1.165, 1.54) is 0 Å². The maximum absolute atomic E-state index is 11.7. The van der Waals surface area contributed by atoms with Crippen LogP contribution in [0, 0.1) is 0 Å². The van der Waals surface area contributed by atoms with Gasteiger partial charge in [-0.15, -0.1) is 0 Å². The minimum Gasteiger partial charge on any atom is -0.366 e. The second-order valence-electron chi connectivity index (χ2n) is 5.69. The van der Waals surface area contributed by atoms with Gasteiger partial charge in [-0.3, -0.25) is 15.5 Å². The average molecular weight is 288 g/mol. The van der Waals surface area contributed by atoms with Crippen molar-refractivity contribution in [3.8, 4) is 0 Å². The number of primary amides is 1. The molecule has 3 rings (SSSR count). The molecule has 1 saturated heterocycles. The first kappa shape index (κ1) is 13.9. The van der Waals surface area contributed by atoms with Crippen LogP contribution in [0.3, 0.4) is 0 Å². The molecule has 1 fully saturated rings. The van der Waals surface area contributed by atoms with Crippen LogP contribution in [0.1, 0.15) is 29.2 Å². The number of nitrogens with two attached hydrogens (primary N) is 1. The third-order valence-corrected chi connectivity index (χ3v) is 4.31. The maximum Gasteiger partial charge on any atom is 0.250 e. The van der Waals surface area contributed by atoms with Crippen LogP contribution in [0.5, 0.6) is 0 Å². The number of hydrogen-bond acceptors (Lipinski definition) is 4. The van der Waals surface area contributed by atoms with E-state index in [0.29, 0.717) is 17.3 Å². The molecule has 0 atom stereocenters. The first-order valence-corrected chi connectivity index (χ1v) is 7.13. The molecular weight excluding hydrogens is 268 g/mol. The molecule has 1 aliphatic heterocycles. The summed E-state index contributed by atoms with van der Waals surface area (Å²) in [4.78, 5) is 14.0. The topological polar surface area (TPSA) is 83.5 Å². The Hall–Kier alpha value is -2.05. The number of carbonyl (C=O) groups is 1. The van der Waals surface area contributed by atoms with Gasteiger partial charge in [0.15, 0.2) is 0 Å². The molecule has 0 radical (unpaired) electrons. The van der Waals surface area contributed by atoms with Crippen LogP contribution in [0.2, 0.25) is 0 Å². The average Bonchev–Trinajstić information content (AvgIpc) is 2.87. The number of likely N-dealkylation sites (tertiary alicyclic amines) is 1. The van der Waals surface area contributed by atoms with Gasteiger partial charge in [0.2, 0.25) is 0 Å². The Morgan fingerprint density at radius 1 is 1.38 bits per heavy atom. The fourth-order valence-electron chi connectivity index (χ4n) is 3.09. The molecule has 0 saturated carbocycles. The number of benzene rings is 1. The number of nitrogens with one attached hydrogen (secondary N) is 1. The van der Waals surface area contributed by atoms with E-state index in [9.17, 15) is 4.79 Å². The van der Waals surface area contributed by atoms with Gasteiger partial charge in [-0.2, -0.15) is 0 Å². The lowest BCUT2D eigenvalue weighted by atomic mass is 10.1. The number of amides is 1. The van der Waals surface area contributed by atoms with Gasteiger partial charge < -0.3 is 15.2 Å². The molecule has 0 aliphatic carbocycles. The smallest absolute Gasteiger partial charge is 0.250 e. The molecule has 112 valence electrons. The summed E-state index contributed by atoms with van der Waals surface area (Å²) in [6.07, 6.45) is 3.93. The summed E-state index contributed by atoms with van der Waals surface area (Å²) in [6.45, 7) is 2.07. The fraction of sp³-hybridized carbons (Fsp3) is 0.400. The maximum atomic E-state index is 11.7. The van der Waals surface area contributed by atoms with Gasteiger partial charge in [-0.05, 0) is 51.2 Å². The summed E-state index contributed by atoms with van der Waals surface area (Å²) in [5.41, 5.74) is 9.71. The van der Waals surface area contributed by atoms with E-state index in [2.05, 4.69) is 22.0 Å². The molecule has 4 N–H and O–H groups in total. The van der Waals surface area contributed by atoms with Gasteiger partial charge in [0.1, 0.15) is 0 Å². The lowest BCUT2D eigenvalue weighted by Crippen LogP contribution is -2.31. The minimum atomic E-state index is -0.420. The molecule has 2 aromatic rings. The molecule has 1 aliphatic rings. The third kappa shape index (κ3) is 2.48. The van der Waals surface area contributed by atoms with Crippen LogP contribution in [0.25, 0.3) is 10.9 Å². The zero-order chi connectivity index (χ0) is 15.0. The Kier molecular flexibility index (Phi) is 3.57. The minimum absolute atomic E-state index is 0.353. The van der Waals surface area contributed by atoms with Gasteiger partial charge >= 0.3 is 0 Å². The molecule has 0 bridgehead atoms. The molecule has 6 nitrogen and oxygen atoms in total. The van der Waals surface area contributed by atoms with E-state index in [0.717, 1.165) is 36.8 Å². The molecule has 0 unspecified atom stereocenters. The van der Waals surface area contributed by atoms with Crippen molar-refractivity contribution < 1.29 is 10.0 Å². The normalized spacial score (nSPS) is 17.2. The predicted molar refractivity (Wildman–Crippen MR) is 81.6 cm³/mol. The number of rotatable bonds is 3. The third-order valence-electron chi connectivity index (χ3n) is 4.31. The molecule has 1 aromatic carbocycles. The largest absolute Gasteiger partial charge is 0.366 e. The van der Waals surface area contributed by atoms with Crippen molar-refractivity contribution in [1.29, 1.82) is 0 Å². The predicted octanol–water partition coefficient (Wildman–Crippen LogP) is 1.81. The van der Waals surface area contributed by atoms with Crippen LogP contribution in [0.15, 0.2) is 24.4 Å². The highest BCUT2D eigenvalue weighted by molar-refractivity contribution is 6.06. The highest BCUT2D eigenvalue weighted by atomic mass is 16.5. The van der Waals surface area contributed by atoms with Crippen molar-refractivity contribution in [2.24, 2.45) is 5.73 Å². The SMILES string of the molecule is CN1CCC(n2cc(C(N)=O)c3ccc(NO)cc32)CC1.